The van der Waals surface area contributed by atoms with Crippen LogP contribution in [0.1, 0.15) is 12.2 Å². The minimum atomic E-state index is 0.150. The first-order valence-corrected chi connectivity index (χ1v) is 6.13. The van der Waals surface area contributed by atoms with Gasteiger partial charge in [-0.2, -0.15) is 0 Å². The van der Waals surface area contributed by atoms with Crippen molar-refractivity contribution in [3.05, 3.63) is 42.7 Å². The summed E-state index contributed by atoms with van der Waals surface area (Å²) >= 11 is 0. The van der Waals surface area contributed by atoms with Crippen molar-refractivity contribution in [2.45, 2.75) is 12.8 Å². The van der Waals surface area contributed by atoms with Crippen molar-refractivity contribution in [2.75, 3.05) is 6.61 Å². The molecule has 96 valence electrons. The first-order chi connectivity index (χ1) is 9.36. The molecule has 2 aromatic heterocycles. The van der Waals surface area contributed by atoms with Gasteiger partial charge in [-0.15, -0.1) is 0 Å². The first-order valence-electron chi connectivity index (χ1n) is 6.13. The molecule has 0 aliphatic carbocycles. The Hall–Kier alpha value is -2.27. The zero-order chi connectivity index (χ0) is 13.1. The van der Waals surface area contributed by atoms with Gasteiger partial charge in [0, 0.05) is 24.8 Å². The maximum Gasteiger partial charge on any atom is 0.181 e. The quantitative estimate of drug-likeness (QED) is 0.773. The highest BCUT2D eigenvalue weighted by molar-refractivity contribution is 5.78. The van der Waals surface area contributed by atoms with Crippen molar-refractivity contribution in [1.82, 2.24) is 15.0 Å². The van der Waals surface area contributed by atoms with Crippen molar-refractivity contribution >= 4 is 11.1 Å². The number of aliphatic hydroxyl groups excluding tert-OH is 1. The number of rotatable bonds is 4. The maximum absolute atomic E-state index is 8.83. The van der Waals surface area contributed by atoms with E-state index in [1.54, 1.807) is 6.20 Å². The number of aryl methyl sites for hydroxylation is 1. The normalized spacial score (nSPS) is 11.0. The maximum atomic E-state index is 8.83. The predicted molar refractivity (Wildman–Crippen MR) is 70.4 cm³/mol. The summed E-state index contributed by atoms with van der Waals surface area (Å²) in [4.78, 5) is 12.8. The molecule has 5 heteroatoms. The van der Waals surface area contributed by atoms with Crippen molar-refractivity contribution in [2.24, 2.45) is 0 Å². The van der Waals surface area contributed by atoms with Crippen LogP contribution >= 0.6 is 0 Å². The fraction of sp³-hybridized carbons (Fsp3) is 0.214. The number of hydrogen-bond acceptors (Lipinski definition) is 5. The van der Waals surface area contributed by atoms with Gasteiger partial charge in [0.25, 0.3) is 0 Å². The molecule has 19 heavy (non-hydrogen) atoms. The van der Waals surface area contributed by atoms with Crippen molar-refractivity contribution in [3.8, 4) is 11.3 Å². The average Bonchev–Trinajstić information content (AvgIpc) is 2.92. The Kier molecular flexibility index (Phi) is 3.20. The largest absolute Gasteiger partial charge is 0.443 e. The molecule has 0 unspecified atom stereocenters. The fourth-order valence-electron chi connectivity index (χ4n) is 1.93. The zero-order valence-corrected chi connectivity index (χ0v) is 10.3. The van der Waals surface area contributed by atoms with Gasteiger partial charge in [-0.05, 0) is 24.6 Å². The molecular formula is C14H13N3O2. The van der Waals surface area contributed by atoms with E-state index in [0.29, 0.717) is 12.8 Å². The summed E-state index contributed by atoms with van der Waals surface area (Å²) in [7, 11) is 0. The van der Waals surface area contributed by atoms with Gasteiger partial charge >= 0.3 is 0 Å². The Morgan fingerprint density at radius 2 is 2.11 bits per heavy atom. The van der Waals surface area contributed by atoms with Gasteiger partial charge in [0.15, 0.2) is 12.0 Å². The first kappa shape index (κ1) is 11.8. The monoisotopic (exact) mass is 255 g/mol. The molecule has 1 N–H and O–H groups in total. The number of aromatic nitrogens is 3. The average molecular weight is 255 g/mol. The Labute approximate surface area is 110 Å². The topological polar surface area (TPSA) is 72.0 Å². The molecule has 0 saturated heterocycles. The van der Waals surface area contributed by atoms with Crippen LogP contribution in [0.3, 0.4) is 0 Å². The van der Waals surface area contributed by atoms with Crippen LogP contribution in [0.25, 0.3) is 22.4 Å². The Bertz CT molecular complexity index is 694. The lowest BCUT2D eigenvalue weighted by Crippen LogP contribution is -1.98. The number of nitrogens with zero attached hydrogens (tertiary/aromatic N) is 3. The standard InChI is InChI=1S/C14H13N3O2/c18-7-1-2-14-15-6-5-11(17-14)10-3-4-12-13(8-10)19-9-16-12/h3-6,8-9,18H,1-2,7H2. The lowest BCUT2D eigenvalue weighted by molar-refractivity contribution is 0.287. The molecule has 0 fully saturated rings. The van der Waals surface area contributed by atoms with Crippen LogP contribution < -0.4 is 0 Å². The third-order valence-corrected chi connectivity index (χ3v) is 2.89. The molecular weight excluding hydrogens is 242 g/mol. The number of fused-ring (bicyclic) bond motifs is 1. The molecule has 0 aliphatic rings. The third kappa shape index (κ3) is 2.46. The highest BCUT2D eigenvalue weighted by Gasteiger charge is 2.05. The lowest BCUT2D eigenvalue weighted by Gasteiger charge is -2.03. The van der Waals surface area contributed by atoms with Gasteiger partial charge in [0.2, 0.25) is 0 Å². The Balaban J connectivity index is 1.95. The number of aliphatic hydroxyl groups is 1. The number of oxazole rings is 1. The van der Waals surface area contributed by atoms with Gasteiger partial charge in [-0.25, -0.2) is 15.0 Å². The van der Waals surface area contributed by atoms with Crippen molar-refractivity contribution < 1.29 is 9.52 Å². The summed E-state index contributed by atoms with van der Waals surface area (Å²) in [5.74, 6) is 0.740. The minimum Gasteiger partial charge on any atom is -0.443 e. The van der Waals surface area contributed by atoms with Crippen molar-refractivity contribution in [1.29, 1.82) is 0 Å². The lowest BCUT2D eigenvalue weighted by atomic mass is 10.1. The molecule has 0 radical (unpaired) electrons. The predicted octanol–water partition coefficient (Wildman–Crippen LogP) is 2.21. The van der Waals surface area contributed by atoms with Crippen LogP contribution in [0.2, 0.25) is 0 Å². The van der Waals surface area contributed by atoms with Gasteiger partial charge in [-0.3, -0.25) is 0 Å². The summed E-state index contributed by atoms with van der Waals surface area (Å²) in [6, 6.07) is 7.65. The second-order valence-corrected chi connectivity index (χ2v) is 4.22. The summed E-state index contributed by atoms with van der Waals surface area (Å²) < 4.78 is 5.29. The number of hydrogen-bond donors (Lipinski definition) is 1. The number of benzene rings is 1. The summed E-state index contributed by atoms with van der Waals surface area (Å²) in [6.45, 7) is 0.150. The zero-order valence-electron chi connectivity index (χ0n) is 10.3. The molecule has 0 atom stereocenters. The van der Waals surface area contributed by atoms with Crippen LogP contribution in [0.4, 0.5) is 0 Å². The summed E-state index contributed by atoms with van der Waals surface area (Å²) in [5.41, 5.74) is 3.39. The molecule has 0 saturated carbocycles. The van der Waals surface area contributed by atoms with Crippen LogP contribution in [-0.2, 0) is 6.42 Å². The second kappa shape index (κ2) is 5.16. The third-order valence-electron chi connectivity index (χ3n) is 2.89. The van der Waals surface area contributed by atoms with E-state index >= 15 is 0 Å². The van der Waals surface area contributed by atoms with E-state index in [0.717, 1.165) is 28.2 Å². The molecule has 0 bridgehead atoms. The van der Waals surface area contributed by atoms with Crippen LogP contribution in [0.15, 0.2) is 41.3 Å². The van der Waals surface area contributed by atoms with E-state index in [2.05, 4.69) is 15.0 Å². The van der Waals surface area contributed by atoms with Gasteiger partial charge in [0.05, 0.1) is 5.69 Å². The molecule has 0 amide bonds. The highest BCUT2D eigenvalue weighted by Crippen LogP contribution is 2.22. The summed E-state index contributed by atoms with van der Waals surface area (Å²) in [6.07, 6.45) is 4.51. The highest BCUT2D eigenvalue weighted by atomic mass is 16.3. The van der Waals surface area contributed by atoms with E-state index in [-0.39, 0.29) is 6.61 Å². The molecule has 5 nitrogen and oxygen atoms in total. The Morgan fingerprint density at radius 1 is 1.16 bits per heavy atom. The Morgan fingerprint density at radius 3 is 3.00 bits per heavy atom. The van der Waals surface area contributed by atoms with E-state index < -0.39 is 0 Å². The fourth-order valence-corrected chi connectivity index (χ4v) is 1.93. The van der Waals surface area contributed by atoms with Gasteiger partial charge in [0.1, 0.15) is 11.3 Å². The van der Waals surface area contributed by atoms with Crippen LogP contribution in [0.5, 0.6) is 0 Å². The molecule has 1 aromatic carbocycles. The van der Waals surface area contributed by atoms with E-state index in [4.69, 9.17) is 9.52 Å². The van der Waals surface area contributed by atoms with E-state index in [1.807, 2.05) is 24.3 Å². The van der Waals surface area contributed by atoms with Crippen LogP contribution in [0, 0.1) is 0 Å². The van der Waals surface area contributed by atoms with E-state index in [9.17, 15) is 0 Å². The molecule has 3 rings (SSSR count). The van der Waals surface area contributed by atoms with Crippen molar-refractivity contribution in [3.63, 3.8) is 0 Å². The van der Waals surface area contributed by atoms with Crippen LogP contribution in [-0.4, -0.2) is 26.7 Å². The smallest absolute Gasteiger partial charge is 0.181 e. The molecule has 0 aliphatic heterocycles. The molecule has 3 aromatic rings. The van der Waals surface area contributed by atoms with E-state index in [1.165, 1.54) is 6.39 Å². The SMILES string of the molecule is OCCCc1nccc(-c2ccc3ncoc3c2)n1. The van der Waals surface area contributed by atoms with Gasteiger partial charge < -0.3 is 9.52 Å². The summed E-state index contributed by atoms with van der Waals surface area (Å²) in [5, 5.41) is 8.83. The molecule has 2 heterocycles. The van der Waals surface area contributed by atoms with Gasteiger partial charge in [-0.1, -0.05) is 6.07 Å². The minimum absolute atomic E-state index is 0.150. The molecule has 0 spiro atoms. The second-order valence-electron chi connectivity index (χ2n) is 4.22.